The highest BCUT2D eigenvalue weighted by atomic mass is 16.4. The number of aliphatic carboxylic acids is 1. The van der Waals surface area contributed by atoms with Gasteiger partial charge in [0.05, 0.1) is 6.04 Å². The largest absolute Gasteiger partial charge is 0.480 e. The number of hydrogen-bond donors (Lipinski definition) is 22. The van der Waals surface area contributed by atoms with E-state index in [0.717, 1.165) is 0 Å². The lowest BCUT2D eigenvalue weighted by molar-refractivity contribution is -0.138. The molecule has 0 spiro atoms. The van der Waals surface area contributed by atoms with E-state index in [1.54, 1.807) is 0 Å². The fraction of sp³-hybridized carbons (Fsp3) is 0.814. The molecule has 0 aromatic rings. The second-order valence-corrected chi connectivity index (χ2v) is 36.4. The van der Waals surface area contributed by atoms with Gasteiger partial charge in [0.25, 0.3) is 0 Å². The minimum atomic E-state index is -1.35. The number of amides is 15. The molecule has 0 fully saturated rings. The predicted octanol–water partition coefficient (Wildman–Crippen LogP) is 0.355. The third kappa shape index (κ3) is 49.8. The van der Waals surface area contributed by atoms with Gasteiger partial charge in [0.2, 0.25) is 88.6 Å². The Kier molecular flexibility index (Phi) is 58.8. The highest BCUT2D eigenvalue weighted by molar-refractivity contribution is 6.01. The van der Waals surface area contributed by atoms with Crippen LogP contribution in [0.3, 0.4) is 0 Å². The lowest BCUT2D eigenvalue weighted by atomic mass is 9.98. The number of nitrogens with two attached hydrogens (primary N) is 6. The predicted molar refractivity (Wildman–Crippen MR) is 477 cm³/mol. The Balaban J connectivity index is 7.14. The molecule has 0 rings (SSSR count). The number of nitrogens with one attached hydrogen (secondary N) is 15. The highest BCUT2D eigenvalue weighted by Crippen LogP contribution is 2.19. The van der Waals surface area contributed by atoms with Crippen molar-refractivity contribution in [1.29, 1.82) is 0 Å². The molecule has 28 N–H and O–H groups in total. The average molecular weight is 1760 g/mol. The molecule has 0 aliphatic carbocycles. The zero-order chi connectivity index (χ0) is 94.6. The van der Waals surface area contributed by atoms with Crippen LogP contribution in [0.15, 0.2) is 0 Å². The number of hydrogen-bond acceptors (Lipinski definition) is 22. The normalized spacial score (nSPS) is 15.2. The van der Waals surface area contributed by atoms with Crippen molar-refractivity contribution in [2.24, 2.45) is 81.7 Å². The van der Waals surface area contributed by atoms with Crippen molar-refractivity contribution in [3.8, 4) is 0 Å². The van der Waals surface area contributed by atoms with Crippen LogP contribution in [0.2, 0.25) is 0 Å². The summed E-state index contributed by atoms with van der Waals surface area (Å²) in [7, 11) is 0. The van der Waals surface area contributed by atoms with Crippen LogP contribution in [0, 0.1) is 47.3 Å². The molecular formula is C86H163N21O17. The molecular weight excluding hydrogens is 1600 g/mol. The topological polar surface area (TPSA) is 630 Å². The van der Waals surface area contributed by atoms with Crippen LogP contribution in [0.25, 0.3) is 0 Å². The lowest BCUT2D eigenvalue weighted by Gasteiger charge is -2.29. The van der Waals surface area contributed by atoms with Gasteiger partial charge in [0, 0.05) is 0 Å². The number of carboxylic acids is 1. The van der Waals surface area contributed by atoms with Crippen LogP contribution >= 0.6 is 0 Å². The summed E-state index contributed by atoms with van der Waals surface area (Å²) in [4.78, 5) is 225. The summed E-state index contributed by atoms with van der Waals surface area (Å²) in [5, 5.41) is 49.9. The second-order valence-electron chi connectivity index (χ2n) is 36.4. The first-order chi connectivity index (χ1) is 58.1. The zero-order valence-corrected chi connectivity index (χ0v) is 77.7. The Morgan fingerprint density at radius 2 is 0.371 bits per heavy atom. The first-order valence-electron chi connectivity index (χ1n) is 45.2. The van der Waals surface area contributed by atoms with Crippen molar-refractivity contribution < 1.29 is 81.8 Å². The third-order valence-electron chi connectivity index (χ3n) is 20.3. The van der Waals surface area contributed by atoms with E-state index in [1.165, 1.54) is 13.8 Å². The number of carboxylic acid groups (broad SMARTS) is 1. The first-order valence-corrected chi connectivity index (χ1v) is 45.2. The minimum absolute atomic E-state index is 0.0284. The quantitative estimate of drug-likeness (QED) is 0.0365. The van der Waals surface area contributed by atoms with Gasteiger partial charge < -0.3 is 119 Å². The fourth-order valence-electron chi connectivity index (χ4n) is 13.7. The molecule has 0 bridgehead atoms. The molecule has 124 heavy (non-hydrogen) atoms. The molecule has 15 atom stereocenters. The first kappa shape index (κ1) is 115. The van der Waals surface area contributed by atoms with Gasteiger partial charge in [-0.25, -0.2) is 0 Å². The Morgan fingerprint density at radius 1 is 0.210 bits per heavy atom. The molecule has 0 aliphatic heterocycles. The van der Waals surface area contributed by atoms with Crippen molar-refractivity contribution in [3.63, 3.8) is 0 Å². The smallest absolute Gasteiger partial charge is 0.322 e. The summed E-state index contributed by atoms with van der Waals surface area (Å²) in [6.07, 6.45) is 5.71. The lowest BCUT2D eigenvalue weighted by Crippen LogP contribution is -2.61. The van der Waals surface area contributed by atoms with Crippen molar-refractivity contribution in [1.82, 2.24) is 79.8 Å². The molecule has 0 aromatic carbocycles. The highest BCUT2D eigenvalue weighted by Gasteiger charge is 2.39. The van der Waals surface area contributed by atoms with Gasteiger partial charge in [0.15, 0.2) is 0 Å². The maximum Gasteiger partial charge on any atom is 0.322 e. The maximum absolute atomic E-state index is 14.8. The van der Waals surface area contributed by atoms with Crippen molar-refractivity contribution in [2.75, 3.05) is 39.3 Å². The number of unbranched alkanes of at least 4 members (excludes halogenated alkanes) is 5. The molecule has 0 saturated carbocycles. The van der Waals surface area contributed by atoms with Gasteiger partial charge in [-0.05, 0) is 242 Å². The van der Waals surface area contributed by atoms with Crippen LogP contribution in [0.1, 0.15) is 272 Å². The van der Waals surface area contributed by atoms with Gasteiger partial charge in [-0.2, -0.15) is 0 Å². The van der Waals surface area contributed by atoms with E-state index in [4.69, 9.17) is 39.5 Å². The SMILES string of the molecule is CC(C)C[C@H](NC(=O)[C@H](CCCCN)NC(=O)[C@H](CC(C)C)NC(=O)[C@H](CC(C)C)NC(=O)[C@H](CCCCN)NC(=O)[C@H](C)NC(=O)[C@H](CC(C)C)NC(=O)[C@H](CC(C)C)NC(=O)[C@H](CCCCN)NC(=O)[C@H](CC(C)C)NC(=O)[C@H](CC(C)C)NC(=O)[C@H](CCCCN)NC(=O)[C@H](CCCCN)NC(=O)[C@@H](N)CC(C)C)C(=O)N[C@@H](C)C(=O)NCC(=O)O. The third-order valence-corrected chi connectivity index (χ3v) is 20.3. The van der Waals surface area contributed by atoms with E-state index in [0.29, 0.717) is 83.7 Å². The number of rotatable bonds is 67. The molecule has 0 unspecified atom stereocenters. The summed E-state index contributed by atoms with van der Waals surface area (Å²) in [6, 6.07) is -18.4. The number of carbonyl (C=O) groups excluding carboxylic acids is 15. The Morgan fingerprint density at radius 3 is 0.556 bits per heavy atom. The van der Waals surface area contributed by atoms with Gasteiger partial charge in [0.1, 0.15) is 91.1 Å². The summed E-state index contributed by atoms with van der Waals surface area (Å²) in [6.45, 7) is 32.7. The minimum Gasteiger partial charge on any atom is -0.480 e. The Hall–Kier alpha value is -8.72. The summed E-state index contributed by atoms with van der Waals surface area (Å²) >= 11 is 0. The van der Waals surface area contributed by atoms with E-state index < -0.39 is 192 Å². The molecule has 0 radical (unpaired) electrons. The second kappa shape index (κ2) is 63.2. The standard InChI is InChI=1S/C86H163N21O17/c1-48(2)39-58(92)74(112)97-60(30-20-25-35-88)75(113)98-61(31-21-26-36-89)77(115)103-70(46-55(15)16)86(124)107-67(43-52(9)10)83(121)100-63(33-23-28-38-91)79(117)104-68(44-53(11)12)84(122)105-65(41-50(5)6)81(119)95-57(18)73(111)96-59(29-19-24-34-87)76(114)102-69(45-54(13)14)85(123)106-66(42-51(7)8)82(120)99-62(32-22-27-37-90)78(116)101-64(40-49(3)4)80(118)94-56(17)72(110)93-47-71(108)109/h48-70H,19-47,87-92H2,1-18H3,(H,93,110)(H,94,118)(H,95,119)(H,96,111)(H,97,112)(H,98,113)(H,99,120)(H,100,121)(H,101,116)(H,102,114)(H,103,115)(H,104,117)(H,105,122)(H,106,123)(H,107,124)(H,108,109)/t56-,57-,58-,59-,60-,61-,62-,63-,64-,65-,66-,67-,68-,69-,70-/m0/s1. The van der Waals surface area contributed by atoms with Crippen LogP contribution in [-0.4, -0.2) is 230 Å². The van der Waals surface area contributed by atoms with Gasteiger partial charge in [-0.15, -0.1) is 0 Å². The van der Waals surface area contributed by atoms with Gasteiger partial charge in [-0.1, -0.05) is 111 Å². The summed E-state index contributed by atoms with van der Waals surface area (Å²) in [5.74, 6) is -13.6. The van der Waals surface area contributed by atoms with Crippen LogP contribution in [0.5, 0.6) is 0 Å². The van der Waals surface area contributed by atoms with E-state index in [9.17, 15) is 76.7 Å². The van der Waals surface area contributed by atoms with Crippen LogP contribution in [-0.2, 0) is 76.7 Å². The van der Waals surface area contributed by atoms with Gasteiger partial charge in [-0.3, -0.25) is 76.7 Å². The van der Waals surface area contributed by atoms with Crippen molar-refractivity contribution >= 4 is 94.6 Å². The van der Waals surface area contributed by atoms with Crippen LogP contribution in [0.4, 0.5) is 0 Å². The van der Waals surface area contributed by atoms with Gasteiger partial charge >= 0.3 is 5.97 Å². The van der Waals surface area contributed by atoms with E-state index in [1.807, 2.05) is 111 Å². The summed E-state index contributed by atoms with van der Waals surface area (Å²) in [5.41, 5.74) is 35.4. The number of carbonyl (C=O) groups is 16. The zero-order valence-electron chi connectivity index (χ0n) is 77.7. The maximum atomic E-state index is 14.8. The average Bonchev–Trinajstić information content (AvgIpc) is 0.861. The Bertz CT molecular complexity index is 3290. The van der Waals surface area contributed by atoms with Crippen molar-refractivity contribution in [3.05, 3.63) is 0 Å². The Labute approximate surface area is 736 Å². The monoisotopic (exact) mass is 1760 g/mol. The van der Waals surface area contributed by atoms with Crippen LogP contribution < -0.4 is 114 Å². The molecule has 714 valence electrons. The van der Waals surface area contributed by atoms with E-state index in [2.05, 4.69) is 79.8 Å². The molecule has 38 nitrogen and oxygen atoms in total. The van der Waals surface area contributed by atoms with E-state index in [-0.39, 0.29) is 144 Å². The fourth-order valence-corrected chi connectivity index (χ4v) is 13.7. The molecule has 38 heteroatoms. The molecule has 15 amide bonds. The molecule has 0 aliphatic rings. The molecule has 0 heterocycles. The molecule has 0 aromatic heterocycles. The molecule has 0 saturated heterocycles. The summed E-state index contributed by atoms with van der Waals surface area (Å²) < 4.78 is 0. The van der Waals surface area contributed by atoms with E-state index >= 15 is 0 Å². The van der Waals surface area contributed by atoms with Crippen molar-refractivity contribution in [2.45, 2.75) is 363 Å².